The molecule has 4 rings (SSSR count). The smallest absolute Gasteiger partial charge is 0.289 e. The number of benzene rings is 3. The molecule has 0 fully saturated rings. The highest BCUT2D eigenvalue weighted by molar-refractivity contribution is 7.21. The zero-order valence-electron chi connectivity index (χ0n) is 16.1. The molecule has 0 saturated heterocycles. The summed E-state index contributed by atoms with van der Waals surface area (Å²) in [5, 5.41) is 25.7. The lowest BCUT2D eigenvalue weighted by molar-refractivity contribution is -0.394. The third-order valence-corrected chi connectivity index (χ3v) is 5.75. The Balaban J connectivity index is 1.68. The minimum atomic E-state index is -0.813. The van der Waals surface area contributed by atoms with Gasteiger partial charge in [0.1, 0.15) is 10.6 Å². The van der Waals surface area contributed by atoms with Crippen LogP contribution in [-0.2, 0) is 0 Å². The second kappa shape index (κ2) is 7.92. The molecule has 3 aromatic carbocycles. The molecular formula is C21H14N4O5S. The van der Waals surface area contributed by atoms with Gasteiger partial charge in [-0.1, -0.05) is 24.3 Å². The second-order valence-corrected chi connectivity index (χ2v) is 7.72. The van der Waals surface area contributed by atoms with Gasteiger partial charge in [-0.2, -0.15) is 0 Å². The molecule has 0 bridgehead atoms. The summed E-state index contributed by atoms with van der Waals surface area (Å²) in [6.45, 7) is 1.79. The lowest BCUT2D eigenvalue weighted by Gasteiger charge is -2.10. The van der Waals surface area contributed by atoms with Crippen LogP contribution in [0.2, 0.25) is 0 Å². The number of rotatable bonds is 5. The maximum absolute atomic E-state index is 12.8. The lowest BCUT2D eigenvalue weighted by atomic mass is 10.1. The second-order valence-electron chi connectivity index (χ2n) is 6.69. The van der Waals surface area contributed by atoms with Gasteiger partial charge < -0.3 is 5.32 Å². The number of aryl methyl sites for hydroxylation is 1. The predicted octanol–water partition coefficient (Wildman–Crippen LogP) is 5.34. The molecule has 0 radical (unpaired) electrons. The van der Waals surface area contributed by atoms with Gasteiger partial charge in [-0.3, -0.25) is 25.0 Å². The van der Waals surface area contributed by atoms with Crippen LogP contribution >= 0.6 is 11.3 Å². The molecular weight excluding hydrogens is 420 g/mol. The summed E-state index contributed by atoms with van der Waals surface area (Å²) in [4.78, 5) is 38.1. The highest BCUT2D eigenvalue weighted by Crippen LogP contribution is 2.33. The Morgan fingerprint density at radius 1 is 1.00 bits per heavy atom. The van der Waals surface area contributed by atoms with E-state index in [9.17, 15) is 25.0 Å². The zero-order valence-corrected chi connectivity index (χ0v) is 16.9. The van der Waals surface area contributed by atoms with E-state index in [1.165, 1.54) is 11.3 Å². The number of carbonyl (C=O) groups excluding carboxylic acids is 1. The number of thiazole rings is 1. The van der Waals surface area contributed by atoms with Crippen molar-refractivity contribution in [2.45, 2.75) is 6.92 Å². The number of aromatic nitrogens is 1. The predicted molar refractivity (Wildman–Crippen MR) is 117 cm³/mol. The number of hydrogen-bond acceptors (Lipinski definition) is 7. The van der Waals surface area contributed by atoms with Crippen molar-refractivity contribution in [1.29, 1.82) is 0 Å². The number of nitrogens with zero attached hydrogens (tertiary/aromatic N) is 3. The molecule has 31 heavy (non-hydrogen) atoms. The Labute approximate surface area is 179 Å². The van der Waals surface area contributed by atoms with Crippen molar-refractivity contribution < 1.29 is 14.6 Å². The van der Waals surface area contributed by atoms with Gasteiger partial charge in [0.2, 0.25) is 0 Å². The van der Waals surface area contributed by atoms with E-state index in [0.717, 1.165) is 44.6 Å². The third kappa shape index (κ3) is 3.96. The van der Waals surface area contributed by atoms with Gasteiger partial charge in [0.25, 0.3) is 17.3 Å². The minimum absolute atomic E-state index is 0.264. The molecule has 0 saturated carbocycles. The van der Waals surface area contributed by atoms with Crippen LogP contribution in [0, 0.1) is 27.2 Å². The fraction of sp³-hybridized carbons (Fsp3) is 0.0476. The first-order valence-corrected chi connectivity index (χ1v) is 9.86. The molecule has 0 unspecified atom stereocenters. The molecule has 10 heteroatoms. The van der Waals surface area contributed by atoms with Crippen LogP contribution in [0.5, 0.6) is 0 Å². The number of hydrogen-bond donors (Lipinski definition) is 1. The van der Waals surface area contributed by atoms with Gasteiger partial charge in [-0.25, -0.2) is 4.98 Å². The monoisotopic (exact) mass is 434 g/mol. The number of para-hydroxylation sites is 1. The number of nitrogens with one attached hydrogen (secondary N) is 1. The van der Waals surface area contributed by atoms with Gasteiger partial charge in [-0.15, -0.1) is 11.3 Å². The van der Waals surface area contributed by atoms with Gasteiger partial charge >= 0.3 is 0 Å². The molecule has 154 valence electrons. The average molecular weight is 434 g/mol. The van der Waals surface area contributed by atoms with Crippen LogP contribution < -0.4 is 5.32 Å². The van der Waals surface area contributed by atoms with Crippen molar-refractivity contribution in [3.63, 3.8) is 0 Å². The lowest BCUT2D eigenvalue weighted by Crippen LogP contribution is -2.15. The molecule has 0 atom stereocenters. The number of nitro groups is 2. The van der Waals surface area contributed by atoms with Gasteiger partial charge in [0, 0.05) is 17.3 Å². The third-order valence-electron chi connectivity index (χ3n) is 4.66. The SMILES string of the molecule is Cc1ccc(-c2nc3ccccc3s2)cc1NC(=O)c1ccc([N+](=O)[O-])cc1[N+](=O)[O-]. The highest BCUT2D eigenvalue weighted by Gasteiger charge is 2.24. The van der Waals surface area contributed by atoms with E-state index in [4.69, 9.17) is 0 Å². The normalized spacial score (nSPS) is 10.7. The number of non-ortho nitro benzene ring substituents is 1. The maximum atomic E-state index is 12.8. The molecule has 1 N–H and O–H groups in total. The van der Waals surface area contributed by atoms with Gasteiger partial charge in [-0.05, 0) is 36.8 Å². The Bertz CT molecular complexity index is 1330. The summed E-state index contributed by atoms with van der Waals surface area (Å²) in [5.41, 5.74) is 1.52. The van der Waals surface area contributed by atoms with E-state index in [-0.39, 0.29) is 5.56 Å². The largest absolute Gasteiger partial charge is 0.322 e. The summed E-state index contributed by atoms with van der Waals surface area (Å²) in [7, 11) is 0. The Morgan fingerprint density at radius 2 is 1.77 bits per heavy atom. The summed E-state index contributed by atoms with van der Waals surface area (Å²) >= 11 is 1.51. The molecule has 1 heterocycles. The molecule has 0 spiro atoms. The zero-order chi connectivity index (χ0) is 22.1. The van der Waals surface area contributed by atoms with Crippen molar-refractivity contribution in [3.05, 3.63) is 92.0 Å². The van der Waals surface area contributed by atoms with E-state index in [1.807, 2.05) is 36.4 Å². The molecule has 9 nitrogen and oxygen atoms in total. The number of carbonyl (C=O) groups is 1. The molecule has 0 aliphatic carbocycles. The van der Waals surface area contributed by atoms with E-state index in [1.54, 1.807) is 13.0 Å². The summed E-state index contributed by atoms with van der Waals surface area (Å²) in [6.07, 6.45) is 0. The van der Waals surface area contributed by atoms with Crippen LogP contribution in [0.1, 0.15) is 15.9 Å². The molecule has 1 aromatic heterocycles. The quantitative estimate of drug-likeness (QED) is 0.333. The highest BCUT2D eigenvalue weighted by atomic mass is 32.1. The fourth-order valence-electron chi connectivity index (χ4n) is 3.05. The number of anilines is 1. The van der Waals surface area contributed by atoms with Gasteiger partial charge in [0.15, 0.2) is 0 Å². The van der Waals surface area contributed by atoms with Crippen molar-refractivity contribution >= 4 is 44.5 Å². The maximum Gasteiger partial charge on any atom is 0.289 e. The van der Waals surface area contributed by atoms with Crippen LogP contribution in [0.15, 0.2) is 60.7 Å². The summed E-state index contributed by atoms with van der Waals surface area (Å²) in [6, 6.07) is 16.1. The van der Waals surface area contributed by atoms with Crippen LogP contribution in [-0.4, -0.2) is 20.7 Å². The summed E-state index contributed by atoms with van der Waals surface area (Å²) in [5.74, 6) is -0.730. The van der Waals surface area contributed by atoms with Crippen molar-refractivity contribution in [2.24, 2.45) is 0 Å². The van der Waals surface area contributed by atoms with E-state index in [0.29, 0.717) is 5.69 Å². The Kier molecular flexibility index (Phi) is 5.14. The van der Waals surface area contributed by atoms with E-state index >= 15 is 0 Å². The van der Waals surface area contributed by atoms with Crippen molar-refractivity contribution in [1.82, 2.24) is 4.98 Å². The fourth-order valence-corrected chi connectivity index (χ4v) is 4.01. The molecule has 1 amide bonds. The Hall–Kier alpha value is -4.18. The number of amides is 1. The standard InChI is InChI=1S/C21H14N4O5S/c1-12-6-7-13(21-23-16-4-2-3-5-19(16)31-21)10-17(12)22-20(26)15-9-8-14(24(27)28)11-18(15)25(29)30/h2-11H,1H3,(H,22,26). The van der Waals surface area contributed by atoms with Crippen LogP contribution in [0.25, 0.3) is 20.8 Å². The van der Waals surface area contributed by atoms with Crippen molar-refractivity contribution in [3.8, 4) is 10.6 Å². The van der Waals surface area contributed by atoms with Crippen LogP contribution in [0.3, 0.4) is 0 Å². The minimum Gasteiger partial charge on any atom is -0.322 e. The first-order valence-electron chi connectivity index (χ1n) is 9.04. The summed E-state index contributed by atoms with van der Waals surface area (Å²) < 4.78 is 1.03. The van der Waals surface area contributed by atoms with Crippen molar-refractivity contribution in [2.75, 3.05) is 5.32 Å². The molecule has 0 aliphatic heterocycles. The first kappa shape index (κ1) is 20.1. The Morgan fingerprint density at radius 3 is 2.48 bits per heavy atom. The average Bonchev–Trinajstić information content (AvgIpc) is 3.19. The first-order chi connectivity index (χ1) is 14.8. The molecule has 4 aromatic rings. The number of nitro benzene ring substituents is 2. The van der Waals surface area contributed by atoms with E-state index < -0.39 is 27.1 Å². The van der Waals surface area contributed by atoms with Crippen LogP contribution in [0.4, 0.5) is 17.1 Å². The van der Waals surface area contributed by atoms with Gasteiger partial charge in [0.05, 0.1) is 26.1 Å². The van der Waals surface area contributed by atoms with E-state index in [2.05, 4.69) is 10.3 Å². The molecule has 0 aliphatic rings. The number of fused-ring (bicyclic) bond motifs is 1. The topological polar surface area (TPSA) is 128 Å².